The molecule has 4 fully saturated rings. The van der Waals surface area contributed by atoms with Gasteiger partial charge in [0.2, 0.25) is 5.91 Å². The molecule has 4 rings (SSSR count). The van der Waals surface area contributed by atoms with Gasteiger partial charge in [-0.3, -0.25) is 24.2 Å². The second kappa shape index (κ2) is 6.66. The molecule has 1 saturated carbocycles. The zero-order chi connectivity index (χ0) is 17.4. The highest BCUT2D eigenvalue weighted by molar-refractivity contribution is 5.98. The third kappa shape index (κ3) is 3.07. The molecule has 0 atom stereocenters. The summed E-state index contributed by atoms with van der Waals surface area (Å²) in [6.07, 6.45) is 3.16. The van der Waals surface area contributed by atoms with Crippen molar-refractivity contribution in [3.8, 4) is 0 Å². The van der Waals surface area contributed by atoms with Crippen LogP contribution in [0, 0.1) is 0 Å². The maximum atomic E-state index is 13.1. The fourth-order valence-electron chi connectivity index (χ4n) is 4.31. The summed E-state index contributed by atoms with van der Waals surface area (Å²) in [7, 11) is 0. The Morgan fingerprint density at radius 3 is 2.08 bits per heavy atom. The second-order valence-corrected chi connectivity index (χ2v) is 7.30. The molecule has 3 aliphatic heterocycles. The summed E-state index contributed by atoms with van der Waals surface area (Å²) in [6.45, 7) is 4.19. The maximum absolute atomic E-state index is 13.1. The van der Waals surface area contributed by atoms with E-state index in [1.165, 1.54) is 4.90 Å². The molecular formula is C17H25N3O5. The summed E-state index contributed by atoms with van der Waals surface area (Å²) in [4.78, 5) is 42.6. The van der Waals surface area contributed by atoms with Gasteiger partial charge in [-0.25, -0.2) is 0 Å². The van der Waals surface area contributed by atoms with E-state index in [1.807, 2.05) is 4.90 Å². The van der Waals surface area contributed by atoms with Crippen LogP contribution in [0.4, 0.5) is 0 Å². The number of hydrogen-bond donors (Lipinski definition) is 0. The van der Waals surface area contributed by atoms with E-state index in [9.17, 15) is 14.4 Å². The highest BCUT2D eigenvalue weighted by atomic mass is 16.5. The number of hydrogen-bond acceptors (Lipinski definition) is 6. The molecule has 0 radical (unpaired) electrons. The van der Waals surface area contributed by atoms with Crippen LogP contribution in [0.1, 0.15) is 25.7 Å². The van der Waals surface area contributed by atoms with E-state index >= 15 is 0 Å². The van der Waals surface area contributed by atoms with Crippen LogP contribution in [0.3, 0.4) is 0 Å². The largest absolute Gasteiger partial charge is 0.379 e. The van der Waals surface area contributed by atoms with E-state index in [-0.39, 0.29) is 42.5 Å². The van der Waals surface area contributed by atoms with E-state index in [0.29, 0.717) is 39.1 Å². The molecule has 3 amide bonds. The molecule has 0 aromatic carbocycles. The Hall–Kier alpha value is -1.51. The van der Waals surface area contributed by atoms with Crippen LogP contribution in [-0.4, -0.2) is 96.6 Å². The molecule has 0 N–H and O–H groups in total. The Morgan fingerprint density at radius 2 is 1.52 bits per heavy atom. The first-order valence-corrected chi connectivity index (χ1v) is 9.17. The number of imide groups is 1. The molecule has 0 bridgehead atoms. The summed E-state index contributed by atoms with van der Waals surface area (Å²) < 4.78 is 10.4. The Bertz CT molecular complexity index is 547. The number of piperidine rings is 1. The lowest BCUT2D eigenvalue weighted by molar-refractivity contribution is -0.163. The van der Waals surface area contributed by atoms with Gasteiger partial charge in [0.1, 0.15) is 18.8 Å². The number of rotatable bonds is 3. The van der Waals surface area contributed by atoms with Crippen LogP contribution in [-0.2, 0) is 23.9 Å². The molecule has 3 heterocycles. The van der Waals surface area contributed by atoms with Crippen molar-refractivity contribution in [1.29, 1.82) is 0 Å². The van der Waals surface area contributed by atoms with Gasteiger partial charge in [0, 0.05) is 32.2 Å². The number of amides is 3. The molecule has 25 heavy (non-hydrogen) atoms. The predicted molar refractivity (Wildman–Crippen MR) is 86.6 cm³/mol. The monoisotopic (exact) mass is 351 g/mol. The molecule has 1 aliphatic carbocycles. The molecule has 4 aliphatic rings. The Morgan fingerprint density at radius 1 is 0.920 bits per heavy atom. The van der Waals surface area contributed by atoms with Gasteiger partial charge in [-0.1, -0.05) is 0 Å². The number of ether oxygens (including phenoxy) is 2. The van der Waals surface area contributed by atoms with Crippen LogP contribution >= 0.6 is 0 Å². The summed E-state index contributed by atoms with van der Waals surface area (Å²) in [5, 5.41) is 0. The van der Waals surface area contributed by atoms with Crippen LogP contribution in [0.2, 0.25) is 0 Å². The van der Waals surface area contributed by atoms with Crippen molar-refractivity contribution in [2.75, 3.05) is 52.6 Å². The molecule has 8 heteroatoms. The highest BCUT2D eigenvalue weighted by Gasteiger charge is 2.56. The van der Waals surface area contributed by atoms with Gasteiger partial charge in [-0.2, -0.15) is 0 Å². The molecule has 0 aromatic heterocycles. The van der Waals surface area contributed by atoms with Crippen LogP contribution in [0.15, 0.2) is 0 Å². The fraction of sp³-hybridized carbons (Fsp3) is 0.824. The third-order valence-electron chi connectivity index (χ3n) is 5.84. The molecule has 138 valence electrons. The summed E-state index contributed by atoms with van der Waals surface area (Å²) in [6, 6.07) is -0.105. The van der Waals surface area contributed by atoms with E-state index in [2.05, 4.69) is 4.90 Å². The maximum Gasteiger partial charge on any atom is 0.255 e. The molecule has 0 unspecified atom stereocenters. The average molecular weight is 351 g/mol. The molecule has 3 saturated heterocycles. The molecule has 8 nitrogen and oxygen atoms in total. The first-order chi connectivity index (χ1) is 12.1. The first kappa shape index (κ1) is 16.9. The van der Waals surface area contributed by atoms with Crippen LogP contribution in [0.5, 0.6) is 0 Å². The van der Waals surface area contributed by atoms with Crippen molar-refractivity contribution in [1.82, 2.24) is 14.7 Å². The Labute approximate surface area is 147 Å². The Kier molecular flexibility index (Phi) is 4.51. The summed E-state index contributed by atoms with van der Waals surface area (Å²) in [5.74, 6) is -0.298. The van der Waals surface area contributed by atoms with Gasteiger partial charge in [-0.15, -0.1) is 0 Å². The van der Waals surface area contributed by atoms with Gasteiger partial charge >= 0.3 is 0 Å². The van der Waals surface area contributed by atoms with Crippen molar-refractivity contribution >= 4 is 17.7 Å². The fourth-order valence-corrected chi connectivity index (χ4v) is 4.31. The lowest BCUT2D eigenvalue weighted by Gasteiger charge is -2.42. The lowest BCUT2D eigenvalue weighted by Crippen LogP contribution is -2.58. The van der Waals surface area contributed by atoms with Gasteiger partial charge < -0.3 is 14.4 Å². The zero-order valence-corrected chi connectivity index (χ0v) is 14.4. The number of nitrogens with zero attached hydrogens (tertiary/aromatic N) is 3. The van der Waals surface area contributed by atoms with Crippen molar-refractivity contribution in [3.63, 3.8) is 0 Å². The van der Waals surface area contributed by atoms with E-state index < -0.39 is 0 Å². The van der Waals surface area contributed by atoms with E-state index in [4.69, 9.17) is 9.47 Å². The lowest BCUT2D eigenvalue weighted by atomic mass is 10.0. The molecule has 0 aromatic rings. The first-order valence-electron chi connectivity index (χ1n) is 9.17. The number of carbonyl (C=O) groups excluding carboxylic acids is 3. The Balaban J connectivity index is 1.36. The SMILES string of the molecule is O=C1COCC(=O)N1C1CCN(C(=O)C2(N3CCOCC3)CC2)CC1. The summed E-state index contributed by atoms with van der Waals surface area (Å²) in [5.41, 5.74) is -0.318. The number of carbonyl (C=O) groups is 3. The second-order valence-electron chi connectivity index (χ2n) is 7.30. The summed E-state index contributed by atoms with van der Waals surface area (Å²) >= 11 is 0. The smallest absolute Gasteiger partial charge is 0.255 e. The predicted octanol–water partition coefficient (Wildman–Crippen LogP) is -0.772. The number of morpholine rings is 2. The van der Waals surface area contributed by atoms with E-state index in [1.54, 1.807) is 0 Å². The average Bonchev–Trinajstić information content (AvgIpc) is 3.44. The van der Waals surface area contributed by atoms with Gasteiger partial charge in [-0.05, 0) is 25.7 Å². The molecule has 0 spiro atoms. The van der Waals surface area contributed by atoms with Crippen molar-refractivity contribution in [2.24, 2.45) is 0 Å². The third-order valence-corrected chi connectivity index (χ3v) is 5.84. The normalized spacial score (nSPS) is 28.3. The standard InChI is InChI=1S/C17H25N3O5/c21-14-11-25-12-15(22)20(14)13-1-5-18(6-2-13)16(23)17(3-4-17)19-7-9-24-10-8-19/h13H,1-12H2. The van der Waals surface area contributed by atoms with Gasteiger partial charge in [0.05, 0.1) is 13.2 Å². The minimum Gasteiger partial charge on any atom is -0.379 e. The number of likely N-dealkylation sites (tertiary alicyclic amines) is 1. The van der Waals surface area contributed by atoms with Gasteiger partial charge in [0.15, 0.2) is 0 Å². The van der Waals surface area contributed by atoms with Gasteiger partial charge in [0.25, 0.3) is 11.8 Å². The van der Waals surface area contributed by atoms with Crippen LogP contribution in [0.25, 0.3) is 0 Å². The zero-order valence-electron chi connectivity index (χ0n) is 14.4. The van der Waals surface area contributed by atoms with Crippen LogP contribution < -0.4 is 0 Å². The topological polar surface area (TPSA) is 79.4 Å². The molecular weight excluding hydrogens is 326 g/mol. The van der Waals surface area contributed by atoms with Crippen molar-refractivity contribution < 1.29 is 23.9 Å². The quantitative estimate of drug-likeness (QED) is 0.621. The highest BCUT2D eigenvalue weighted by Crippen LogP contribution is 2.44. The van der Waals surface area contributed by atoms with Crippen molar-refractivity contribution in [2.45, 2.75) is 37.3 Å². The minimum absolute atomic E-state index is 0.0228. The van der Waals surface area contributed by atoms with E-state index in [0.717, 1.165) is 25.9 Å². The van der Waals surface area contributed by atoms with Crippen molar-refractivity contribution in [3.05, 3.63) is 0 Å². The minimum atomic E-state index is -0.318.